The Morgan fingerprint density at radius 2 is 1.87 bits per heavy atom. The highest BCUT2D eigenvalue weighted by atomic mass is 127. The highest BCUT2D eigenvalue weighted by Crippen LogP contribution is 2.37. The summed E-state index contributed by atoms with van der Waals surface area (Å²) >= 11 is 8.81. The van der Waals surface area contributed by atoms with E-state index in [2.05, 4.69) is 36.4 Å². The van der Waals surface area contributed by atoms with Crippen LogP contribution in [0.15, 0.2) is 35.2 Å². The predicted molar refractivity (Wildman–Crippen MR) is 138 cm³/mol. The third kappa shape index (κ3) is 5.72. The number of methoxy groups -OCH3 is 1. The van der Waals surface area contributed by atoms with E-state index < -0.39 is 0 Å². The van der Waals surface area contributed by atoms with Crippen molar-refractivity contribution in [3.8, 4) is 17.2 Å². The minimum Gasteiger partial charge on any atom is -0.493 e. The molecule has 0 saturated carbocycles. The Morgan fingerprint density at radius 3 is 2.52 bits per heavy atom. The molecule has 0 N–H and O–H groups in total. The molecule has 5 nitrogen and oxygen atoms in total. The summed E-state index contributed by atoms with van der Waals surface area (Å²) in [6.45, 7) is 7.42. The summed E-state index contributed by atoms with van der Waals surface area (Å²) < 4.78 is 18.8. The van der Waals surface area contributed by atoms with Gasteiger partial charge in [-0.3, -0.25) is 9.69 Å². The fourth-order valence-electron chi connectivity index (χ4n) is 2.99. The van der Waals surface area contributed by atoms with Gasteiger partial charge < -0.3 is 14.2 Å². The van der Waals surface area contributed by atoms with Gasteiger partial charge in [0.2, 0.25) is 0 Å². The molecule has 1 saturated heterocycles. The molecular formula is C23H24INO4S2. The van der Waals surface area contributed by atoms with Crippen LogP contribution in [0, 0.1) is 17.4 Å². The SMILES string of the molecule is CCN1C(=O)/C(=C/c2cc(I)c(OCCOc3ccc(C)c(C)c3)c(OC)c2)SC1=S. The van der Waals surface area contributed by atoms with Crippen molar-refractivity contribution in [2.24, 2.45) is 0 Å². The van der Waals surface area contributed by atoms with E-state index in [9.17, 15) is 4.79 Å². The average Bonchev–Trinajstić information content (AvgIpc) is 3.00. The predicted octanol–water partition coefficient (Wildman–Crippen LogP) is 5.60. The zero-order valence-electron chi connectivity index (χ0n) is 17.9. The number of thioether (sulfide) groups is 1. The van der Waals surface area contributed by atoms with Gasteiger partial charge in [-0.05, 0) is 90.4 Å². The average molecular weight is 569 g/mol. The maximum absolute atomic E-state index is 12.5. The van der Waals surface area contributed by atoms with E-state index in [1.807, 2.05) is 43.3 Å². The minimum absolute atomic E-state index is 0.0599. The normalized spacial score (nSPS) is 15.0. The topological polar surface area (TPSA) is 48.0 Å². The van der Waals surface area contributed by atoms with Gasteiger partial charge in [0.15, 0.2) is 11.5 Å². The van der Waals surface area contributed by atoms with E-state index in [1.165, 1.54) is 22.9 Å². The number of amides is 1. The highest BCUT2D eigenvalue weighted by Gasteiger charge is 2.30. The van der Waals surface area contributed by atoms with Gasteiger partial charge in [0, 0.05) is 6.54 Å². The van der Waals surface area contributed by atoms with Crippen LogP contribution in [0.25, 0.3) is 6.08 Å². The summed E-state index contributed by atoms with van der Waals surface area (Å²) in [5, 5.41) is 0. The molecule has 31 heavy (non-hydrogen) atoms. The fraction of sp³-hybridized carbons (Fsp3) is 0.304. The monoisotopic (exact) mass is 569 g/mol. The van der Waals surface area contributed by atoms with Crippen LogP contribution >= 0.6 is 46.6 Å². The largest absolute Gasteiger partial charge is 0.493 e. The zero-order chi connectivity index (χ0) is 22.5. The lowest BCUT2D eigenvalue weighted by Gasteiger charge is -2.14. The van der Waals surface area contributed by atoms with Crippen molar-refractivity contribution in [2.75, 3.05) is 26.9 Å². The molecule has 1 fully saturated rings. The third-order valence-corrected chi connectivity index (χ3v) is 7.00. The number of nitrogens with zero attached hydrogens (tertiary/aromatic N) is 1. The second-order valence-corrected chi connectivity index (χ2v) is 9.74. The number of benzene rings is 2. The van der Waals surface area contributed by atoms with Gasteiger partial charge in [0.05, 0.1) is 15.6 Å². The number of hydrogen-bond acceptors (Lipinski definition) is 6. The Balaban J connectivity index is 1.68. The van der Waals surface area contributed by atoms with Crippen LogP contribution < -0.4 is 14.2 Å². The highest BCUT2D eigenvalue weighted by molar-refractivity contribution is 14.1. The number of likely N-dealkylation sites (N-methyl/N-ethyl adjacent to an activating group) is 1. The molecule has 8 heteroatoms. The van der Waals surface area contributed by atoms with Gasteiger partial charge in [-0.1, -0.05) is 30.0 Å². The van der Waals surface area contributed by atoms with Gasteiger partial charge in [-0.25, -0.2) is 0 Å². The van der Waals surface area contributed by atoms with Gasteiger partial charge in [-0.2, -0.15) is 0 Å². The molecule has 1 aliphatic heterocycles. The number of ether oxygens (including phenoxy) is 3. The van der Waals surface area contributed by atoms with Gasteiger partial charge in [-0.15, -0.1) is 0 Å². The summed E-state index contributed by atoms with van der Waals surface area (Å²) in [4.78, 5) is 14.7. The molecule has 0 aliphatic carbocycles. The standard InChI is InChI=1S/C23H24INO4S2/c1-5-25-22(26)20(31-23(25)30)13-16-11-18(24)21(19(12-16)27-4)29-9-8-28-17-7-6-14(2)15(3)10-17/h6-7,10-13H,5,8-9H2,1-4H3/b20-13-. The first-order valence-electron chi connectivity index (χ1n) is 9.79. The molecule has 164 valence electrons. The molecule has 1 aliphatic rings. The van der Waals surface area contributed by atoms with Crippen molar-refractivity contribution in [3.63, 3.8) is 0 Å². The Bertz CT molecular complexity index is 1040. The zero-order valence-corrected chi connectivity index (χ0v) is 21.7. The van der Waals surface area contributed by atoms with E-state index in [4.69, 9.17) is 26.4 Å². The van der Waals surface area contributed by atoms with Crippen molar-refractivity contribution in [3.05, 3.63) is 55.5 Å². The van der Waals surface area contributed by atoms with Crippen LogP contribution in [0.5, 0.6) is 17.2 Å². The quantitative estimate of drug-likeness (QED) is 0.179. The van der Waals surface area contributed by atoms with Crippen molar-refractivity contribution in [1.82, 2.24) is 4.90 Å². The van der Waals surface area contributed by atoms with Gasteiger partial charge >= 0.3 is 0 Å². The first-order chi connectivity index (χ1) is 14.8. The molecule has 3 rings (SSSR count). The molecule has 0 atom stereocenters. The Labute approximate surface area is 206 Å². The second-order valence-electron chi connectivity index (χ2n) is 6.90. The lowest BCUT2D eigenvalue weighted by atomic mass is 10.1. The Hall–Kier alpha value is -1.78. The smallest absolute Gasteiger partial charge is 0.266 e. The van der Waals surface area contributed by atoms with Crippen LogP contribution in [0.4, 0.5) is 0 Å². The van der Waals surface area contributed by atoms with Crippen molar-refractivity contribution >= 4 is 62.9 Å². The van der Waals surface area contributed by atoms with Crippen LogP contribution in [0.2, 0.25) is 0 Å². The lowest BCUT2D eigenvalue weighted by Crippen LogP contribution is -2.27. The van der Waals surface area contributed by atoms with Crippen molar-refractivity contribution in [1.29, 1.82) is 0 Å². The summed E-state index contributed by atoms with van der Waals surface area (Å²) in [5.74, 6) is 2.03. The van der Waals surface area contributed by atoms with E-state index >= 15 is 0 Å². The molecule has 1 heterocycles. The minimum atomic E-state index is -0.0599. The maximum Gasteiger partial charge on any atom is 0.266 e. The Kier molecular flexibility index (Phi) is 8.23. The molecule has 1 amide bonds. The summed E-state index contributed by atoms with van der Waals surface area (Å²) in [7, 11) is 1.60. The van der Waals surface area contributed by atoms with Crippen LogP contribution in [-0.2, 0) is 4.79 Å². The fourth-order valence-corrected chi connectivity index (χ4v) is 5.16. The van der Waals surface area contributed by atoms with Crippen molar-refractivity contribution < 1.29 is 19.0 Å². The molecular weight excluding hydrogens is 545 g/mol. The number of halogens is 1. The van der Waals surface area contributed by atoms with E-state index in [0.29, 0.717) is 40.5 Å². The molecule has 0 spiro atoms. The molecule has 0 aromatic heterocycles. The first kappa shape index (κ1) is 23.9. The summed E-state index contributed by atoms with van der Waals surface area (Å²) in [6, 6.07) is 9.85. The molecule has 2 aromatic carbocycles. The van der Waals surface area contributed by atoms with E-state index in [1.54, 1.807) is 12.0 Å². The molecule has 2 aromatic rings. The number of aryl methyl sites for hydroxylation is 2. The molecule has 0 unspecified atom stereocenters. The van der Waals surface area contributed by atoms with E-state index in [0.717, 1.165) is 14.9 Å². The number of thiocarbonyl (C=S) groups is 1. The number of carbonyl (C=O) groups excluding carboxylic acids is 1. The van der Waals surface area contributed by atoms with Gasteiger partial charge in [0.1, 0.15) is 23.3 Å². The summed E-state index contributed by atoms with van der Waals surface area (Å²) in [5.41, 5.74) is 3.29. The van der Waals surface area contributed by atoms with E-state index in [-0.39, 0.29) is 5.91 Å². The Morgan fingerprint density at radius 1 is 1.13 bits per heavy atom. The maximum atomic E-state index is 12.5. The number of hydrogen-bond donors (Lipinski definition) is 0. The number of rotatable bonds is 8. The molecule has 0 bridgehead atoms. The summed E-state index contributed by atoms with van der Waals surface area (Å²) in [6.07, 6.45) is 1.84. The second kappa shape index (κ2) is 10.7. The van der Waals surface area contributed by atoms with Crippen LogP contribution in [0.3, 0.4) is 0 Å². The lowest BCUT2D eigenvalue weighted by molar-refractivity contribution is -0.121. The van der Waals surface area contributed by atoms with Crippen LogP contribution in [-0.4, -0.2) is 42.0 Å². The molecule has 0 radical (unpaired) electrons. The van der Waals surface area contributed by atoms with Gasteiger partial charge in [0.25, 0.3) is 5.91 Å². The third-order valence-electron chi connectivity index (χ3n) is 4.82. The van der Waals surface area contributed by atoms with Crippen LogP contribution in [0.1, 0.15) is 23.6 Å². The number of carbonyl (C=O) groups is 1. The van der Waals surface area contributed by atoms with Crippen molar-refractivity contribution in [2.45, 2.75) is 20.8 Å². The first-order valence-corrected chi connectivity index (χ1v) is 12.1.